The van der Waals surface area contributed by atoms with E-state index in [9.17, 15) is 13.5 Å². The number of rotatable bonds is 4. The molecule has 19 heavy (non-hydrogen) atoms. The van der Waals surface area contributed by atoms with Crippen molar-refractivity contribution in [3.8, 4) is 0 Å². The highest BCUT2D eigenvalue weighted by molar-refractivity contribution is 7.88. The number of aliphatic hydroxyl groups is 1. The van der Waals surface area contributed by atoms with Crippen molar-refractivity contribution in [2.45, 2.75) is 57.5 Å². The lowest BCUT2D eigenvalue weighted by atomic mass is 9.79. The summed E-state index contributed by atoms with van der Waals surface area (Å²) in [6, 6.07) is 0. The van der Waals surface area contributed by atoms with Gasteiger partial charge in [-0.15, -0.1) is 0 Å². The van der Waals surface area contributed by atoms with E-state index in [1.54, 1.807) is 4.31 Å². The van der Waals surface area contributed by atoms with Gasteiger partial charge in [-0.1, -0.05) is 19.8 Å². The molecule has 3 atom stereocenters. The largest absolute Gasteiger partial charge is 0.390 e. The van der Waals surface area contributed by atoms with Gasteiger partial charge in [0.25, 0.3) is 0 Å². The Bertz CT molecular complexity index is 409. The second kappa shape index (κ2) is 5.70. The van der Waals surface area contributed by atoms with Crippen LogP contribution in [0.4, 0.5) is 0 Å². The molecule has 1 saturated heterocycles. The normalized spacial score (nSPS) is 37.6. The SMILES string of the molecule is CCC1CCCC1(O)CC1CCCN(S(C)(=O)=O)C1. The number of nitrogens with zero attached hydrogens (tertiary/aromatic N) is 1. The highest BCUT2D eigenvalue weighted by Gasteiger charge is 2.42. The van der Waals surface area contributed by atoms with Crippen molar-refractivity contribution in [1.82, 2.24) is 4.31 Å². The first-order chi connectivity index (χ1) is 8.85. The summed E-state index contributed by atoms with van der Waals surface area (Å²) in [6.45, 7) is 3.38. The van der Waals surface area contributed by atoms with Crippen molar-refractivity contribution in [3.63, 3.8) is 0 Å². The molecule has 4 nitrogen and oxygen atoms in total. The van der Waals surface area contributed by atoms with Crippen molar-refractivity contribution >= 4 is 10.0 Å². The Kier molecular flexibility index (Phi) is 4.58. The minimum Gasteiger partial charge on any atom is -0.390 e. The molecule has 1 aliphatic heterocycles. The molecule has 5 heteroatoms. The van der Waals surface area contributed by atoms with Gasteiger partial charge < -0.3 is 5.11 Å². The first-order valence-electron chi connectivity index (χ1n) is 7.52. The third kappa shape index (κ3) is 3.50. The van der Waals surface area contributed by atoms with Crippen LogP contribution in [0.3, 0.4) is 0 Å². The molecule has 1 N–H and O–H groups in total. The quantitative estimate of drug-likeness (QED) is 0.861. The highest BCUT2D eigenvalue weighted by atomic mass is 32.2. The Morgan fingerprint density at radius 1 is 1.32 bits per heavy atom. The number of hydrogen-bond donors (Lipinski definition) is 1. The minimum absolute atomic E-state index is 0.320. The molecule has 0 bridgehead atoms. The second-order valence-corrected chi connectivity index (χ2v) is 8.42. The average Bonchev–Trinajstić information content (AvgIpc) is 2.69. The van der Waals surface area contributed by atoms with Crippen molar-refractivity contribution < 1.29 is 13.5 Å². The van der Waals surface area contributed by atoms with Crippen LogP contribution in [-0.2, 0) is 10.0 Å². The van der Waals surface area contributed by atoms with Crippen molar-refractivity contribution in [3.05, 3.63) is 0 Å². The maximum atomic E-state index is 11.6. The molecule has 2 aliphatic rings. The van der Waals surface area contributed by atoms with E-state index in [0.29, 0.717) is 24.9 Å². The molecule has 0 aromatic carbocycles. The van der Waals surface area contributed by atoms with Gasteiger partial charge in [-0.05, 0) is 43.9 Å². The van der Waals surface area contributed by atoms with Crippen LogP contribution in [0.1, 0.15) is 51.9 Å². The van der Waals surface area contributed by atoms with Gasteiger partial charge in [-0.3, -0.25) is 0 Å². The maximum Gasteiger partial charge on any atom is 0.211 e. The van der Waals surface area contributed by atoms with Crippen molar-refractivity contribution in [1.29, 1.82) is 0 Å². The lowest BCUT2D eigenvalue weighted by molar-refractivity contribution is -0.0265. The van der Waals surface area contributed by atoms with Gasteiger partial charge >= 0.3 is 0 Å². The molecule has 0 aromatic rings. The highest BCUT2D eigenvalue weighted by Crippen LogP contribution is 2.43. The van der Waals surface area contributed by atoms with Gasteiger partial charge in [0.05, 0.1) is 11.9 Å². The summed E-state index contributed by atoms with van der Waals surface area (Å²) < 4.78 is 24.8. The summed E-state index contributed by atoms with van der Waals surface area (Å²) in [5.41, 5.74) is -0.542. The zero-order valence-corrected chi connectivity index (χ0v) is 13.0. The Balaban J connectivity index is 1.99. The van der Waals surface area contributed by atoms with Gasteiger partial charge in [0.2, 0.25) is 10.0 Å². The molecule has 0 radical (unpaired) electrons. The standard InChI is InChI=1S/C14H27NO3S/c1-3-13-7-4-8-14(13,16)10-12-6-5-9-15(11-12)19(2,17)18/h12-13,16H,3-11H2,1-2H3. The fourth-order valence-corrected chi connectivity index (χ4v) is 4.92. The Morgan fingerprint density at radius 3 is 2.68 bits per heavy atom. The molecule has 2 fully saturated rings. The van der Waals surface area contributed by atoms with E-state index >= 15 is 0 Å². The Morgan fingerprint density at radius 2 is 2.05 bits per heavy atom. The van der Waals surface area contributed by atoms with Crippen molar-refractivity contribution in [2.75, 3.05) is 19.3 Å². The smallest absolute Gasteiger partial charge is 0.211 e. The second-order valence-electron chi connectivity index (χ2n) is 6.43. The molecular weight excluding hydrogens is 262 g/mol. The van der Waals surface area contributed by atoms with Crippen LogP contribution in [0.15, 0.2) is 0 Å². The fourth-order valence-electron chi connectivity index (χ4n) is 3.97. The third-order valence-corrected chi connectivity index (χ3v) is 6.28. The topological polar surface area (TPSA) is 57.6 Å². The van der Waals surface area contributed by atoms with Gasteiger partial charge in [-0.25, -0.2) is 12.7 Å². The first kappa shape index (κ1) is 15.3. The molecule has 3 unspecified atom stereocenters. The van der Waals surface area contributed by atoms with Crippen LogP contribution in [-0.4, -0.2) is 42.8 Å². The summed E-state index contributed by atoms with van der Waals surface area (Å²) in [5, 5.41) is 10.8. The van der Waals surface area contributed by atoms with Crippen LogP contribution >= 0.6 is 0 Å². The number of sulfonamides is 1. The first-order valence-corrected chi connectivity index (χ1v) is 9.37. The predicted molar refractivity (Wildman–Crippen MR) is 76.3 cm³/mol. The van der Waals surface area contributed by atoms with Gasteiger partial charge in [0.15, 0.2) is 0 Å². The average molecular weight is 289 g/mol. The lowest BCUT2D eigenvalue weighted by Gasteiger charge is -2.37. The van der Waals surface area contributed by atoms with E-state index in [2.05, 4.69) is 6.92 Å². The Labute approximate surface area is 117 Å². The zero-order valence-electron chi connectivity index (χ0n) is 12.1. The van der Waals surface area contributed by atoms with Gasteiger partial charge in [0.1, 0.15) is 0 Å². The summed E-state index contributed by atoms with van der Waals surface area (Å²) in [6.07, 6.45) is 8.17. The summed E-state index contributed by atoms with van der Waals surface area (Å²) in [4.78, 5) is 0. The van der Waals surface area contributed by atoms with Crippen LogP contribution in [0.25, 0.3) is 0 Å². The van der Waals surface area contributed by atoms with E-state index in [4.69, 9.17) is 0 Å². The maximum absolute atomic E-state index is 11.6. The molecule has 0 amide bonds. The van der Waals surface area contributed by atoms with Crippen LogP contribution in [0.5, 0.6) is 0 Å². The van der Waals surface area contributed by atoms with Crippen LogP contribution < -0.4 is 0 Å². The fraction of sp³-hybridized carbons (Fsp3) is 1.00. The van der Waals surface area contributed by atoms with Crippen molar-refractivity contribution in [2.24, 2.45) is 11.8 Å². The monoisotopic (exact) mass is 289 g/mol. The summed E-state index contributed by atoms with van der Waals surface area (Å²) in [7, 11) is -3.08. The van der Waals surface area contributed by atoms with E-state index in [0.717, 1.165) is 44.9 Å². The molecular formula is C14H27NO3S. The minimum atomic E-state index is -3.08. The molecule has 0 aromatic heterocycles. The van der Waals surface area contributed by atoms with E-state index in [-0.39, 0.29) is 0 Å². The van der Waals surface area contributed by atoms with Crippen LogP contribution in [0, 0.1) is 11.8 Å². The molecule has 1 saturated carbocycles. The lowest BCUT2D eigenvalue weighted by Crippen LogP contribution is -2.43. The van der Waals surface area contributed by atoms with E-state index < -0.39 is 15.6 Å². The van der Waals surface area contributed by atoms with E-state index in [1.807, 2.05) is 0 Å². The molecule has 1 heterocycles. The molecule has 1 aliphatic carbocycles. The van der Waals surface area contributed by atoms with E-state index in [1.165, 1.54) is 6.26 Å². The van der Waals surface area contributed by atoms with Crippen LogP contribution in [0.2, 0.25) is 0 Å². The Hall–Kier alpha value is -0.130. The third-order valence-electron chi connectivity index (χ3n) is 5.01. The molecule has 112 valence electrons. The predicted octanol–water partition coefficient (Wildman–Crippen LogP) is 1.99. The summed E-state index contributed by atoms with van der Waals surface area (Å²) in [5.74, 6) is 0.724. The van der Waals surface area contributed by atoms with Gasteiger partial charge in [0, 0.05) is 13.1 Å². The van der Waals surface area contributed by atoms with Gasteiger partial charge in [-0.2, -0.15) is 0 Å². The number of piperidine rings is 1. The summed E-state index contributed by atoms with van der Waals surface area (Å²) >= 11 is 0. The molecule has 0 spiro atoms. The molecule has 2 rings (SSSR count). The zero-order chi connectivity index (χ0) is 14.1. The number of hydrogen-bond acceptors (Lipinski definition) is 3.